The highest BCUT2D eigenvalue weighted by Crippen LogP contribution is 2.19. The first kappa shape index (κ1) is 21.7. The minimum atomic E-state index is -0.521. The van der Waals surface area contributed by atoms with Crippen molar-refractivity contribution < 1.29 is 18.7 Å². The highest BCUT2D eigenvalue weighted by Gasteiger charge is 2.19. The summed E-state index contributed by atoms with van der Waals surface area (Å²) in [5, 5.41) is 8.70. The van der Waals surface area contributed by atoms with Gasteiger partial charge in [0.05, 0.1) is 11.3 Å². The molecule has 0 atom stereocenters. The van der Waals surface area contributed by atoms with Crippen molar-refractivity contribution >= 4 is 29.9 Å². The van der Waals surface area contributed by atoms with Crippen LogP contribution in [0.15, 0.2) is 48.5 Å². The number of nitrogens with one attached hydrogen (secondary N) is 3. The van der Waals surface area contributed by atoms with E-state index < -0.39 is 11.7 Å². The maximum absolute atomic E-state index is 13.6. The predicted molar refractivity (Wildman–Crippen MR) is 108 cm³/mol. The van der Waals surface area contributed by atoms with E-state index in [4.69, 9.17) is 4.74 Å². The SMILES string of the molecule is Cl.O=C(COc1ccccc1C(=O)NC1CCNCC1)Nc1ccccc1F. The van der Waals surface area contributed by atoms with Crippen LogP contribution in [0.3, 0.4) is 0 Å². The molecule has 1 saturated heterocycles. The van der Waals surface area contributed by atoms with Gasteiger partial charge < -0.3 is 20.7 Å². The van der Waals surface area contributed by atoms with Crippen LogP contribution in [0.1, 0.15) is 23.2 Å². The fourth-order valence-electron chi connectivity index (χ4n) is 2.90. The molecular formula is C20H23ClFN3O3. The van der Waals surface area contributed by atoms with Gasteiger partial charge in [-0.2, -0.15) is 0 Å². The predicted octanol–water partition coefficient (Wildman–Crippen LogP) is 2.75. The average Bonchev–Trinajstić information content (AvgIpc) is 2.69. The van der Waals surface area contributed by atoms with E-state index in [2.05, 4.69) is 16.0 Å². The van der Waals surface area contributed by atoms with E-state index in [1.807, 2.05) is 0 Å². The Hall–Kier alpha value is -2.64. The standard InChI is InChI=1S/C20H22FN3O3.ClH/c21-16-6-2-3-7-17(16)24-19(25)13-27-18-8-4-1-5-15(18)20(26)23-14-9-11-22-12-10-14;/h1-8,14,22H,9-13H2,(H,23,26)(H,24,25);1H. The van der Waals surface area contributed by atoms with Crippen molar-refractivity contribution in [1.29, 1.82) is 0 Å². The highest BCUT2D eigenvalue weighted by atomic mass is 35.5. The Morgan fingerprint density at radius 2 is 1.75 bits per heavy atom. The van der Waals surface area contributed by atoms with E-state index in [-0.39, 0.29) is 36.7 Å². The number of carbonyl (C=O) groups excluding carboxylic acids is 2. The van der Waals surface area contributed by atoms with Crippen molar-refractivity contribution in [2.75, 3.05) is 25.0 Å². The molecule has 3 rings (SSSR count). The van der Waals surface area contributed by atoms with Crippen molar-refractivity contribution in [3.8, 4) is 5.75 Å². The Labute approximate surface area is 169 Å². The first-order chi connectivity index (χ1) is 13.1. The molecule has 0 radical (unpaired) electrons. The lowest BCUT2D eigenvalue weighted by Gasteiger charge is -2.24. The number of piperidine rings is 1. The number of hydrogen-bond acceptors (Lipinski definition) is 4. The number of carbonyl (C=O) groups is 2. The minimum absolute atomic E-state index is 0. The van der Waals surface area contributed by atoms with Crippen LogP contribution in [0.2, 0.25) is 0 Å². The second-order valence-electron chi connectivity index (χ2n) is 6.31. The van der Waals surface area contributed by atoms with Crippen LogP contribution < -0.4 is 20.7 Å². The largest absolute Gasteiger partial charge is 0.483 e. The highest BCUT2D eigenvalue weighted by molar-refractivity contribution is 5.97. The molecule has 8 heteroatoms. The number of hydrogen-bond donors (Lipinski definition) is 3. The van der Waals surface area contributed by atoms with Gasteiger partial charge in [-0.25, -0.2) is 4.39 Å². The van der Waals surface area contributed by atoms with Crippen LogP contribution in [0.5, 0.6) is 5.75 Å². The van der Waals surface area contributed by atoms with Gasteiger partial charge in [-0.1, -0.05) is 24.3 Å². The second kappa shape index (κ2) is 10.6. The van der Waals surface area contributed by atoms with E-state index in [1.165, 1.54) is 12.1 Å². The summed E-state index contributed by atoms with van der Waals surface area (Å²) in [6.45, 7) is 1.42. The summed E-state index contributed by atoms with van der Waals surface area (Å²) in [5.41, 5.74) is 0.456. The molecule has 0 unspecified atom stereocenters. The van der Waals surface area contributed by atoms with Crippen molar-refractivity contribution in [2.24, 2.45) is 0 Å². The molecule has 1 aliphatic rings. The number of benzene rings is 2. The minimum Gasteiger partial charge on any atom is -0.483 e. The maximum Gasteiger partial charge on any atom is 0.262 e. The van der Waals surface area contributed by atoms with E-state index in [9.17, 15) is 14.0 Å². The van der Waals surface area contributed by atoms with E-state index in [1.54, 1.807) is 36.4 Å². The van der Waals surface area contributed by atoms with Gasteiger partial charge >= 0.3 is 0 Å². The Morgan fingerprint density at radius 3 is 2.50 bits per heavy atom. The molecule has 0 aliphatic carbocycles. The third-order valence-corrected chi connectivity index (χ3v) is 4.31. The van der Waals surface area contributed by atoms with Crippen molar-refractivity contribution in [2.45, 2.75) is 18.9 Å². The van der Waals surface area contributed by atoms with E-state index in [0.717, 1.165) is 25.9 Å². The number of rotatable bonds is 6. The molecule has 1 heterocycles. The average molecular weight is 408 g/mol. The number of ether oxygens (including phenoxy) is 1. The van der Waals surface area contributed by atoms with Gasteiger partial charge in [0.1, 0.15) is 11.6 Å². The molecule has 2 amide bonds. The van der Waals surface area contributed by atoms with E-state index in [0.29, 0.717) is 11.3 Å². The zero-order valence-electron chi connectivity index (χ0n) is 15.2. The third-order valence-electron chi connectivity index (χ3n) is 4.31. The smallest absolute Gasteiger partial charge is 0.262 e. The Morgan fingerprint density at radius 1 is 1.07 bits per heavy atom. The fraction of sp³-hybridized carbons (Fsp3) is 0.300. The van der Waals surface area contributed by atoms with Gasteiger partial charge in [-0.15, -0.1) is 12.4 Å². The fourth-order valence-corrected chi connectivity index (χ4v) is 2.90. The Bertz CT molecular complexity index is 813. The summed E-state index contributed by atoms with van der Waals surface area (Å²) in [5.74, 6) is -0.944. The molecule has 1 aliphatic heterocycles. The topological polar surface area (TPSA) is 79.5 Å². The molecule has 28 heavy (non-hydrogen) atoms. The first-order valence-electron chi connectivity index (χ1n) is 8.91. The van der Waals surface area contributed by atoms with Gasteiger partial charge in [-0.3, -0.25) is 9.59 Å². The molecule has 0 saturated carbocycles. The lowest BCUT2D eigenvalue weighted by Crippen LogP contribution is -2.42. The number of anilines is 1. The first-order valence-corrected chi connectivity index (χ1v) is 8.91. The summed E-state index contributed by atoms with van der Waals surface area (Å²) < 4.78 is 19.1. The second-order valence-corrected chi connectivity index (χ2v) is 6.31. The summed E-state index contributed by atoms with van der Waals surface area (Å²) >= 11 is 0. The van der Waals surface area contributed by atoms with Gasteiger partial charge in [0.15, 0.2) is 6.61 Å². The quantitative estimate of drug-likeness (QED) is 0.688. The molecule has 0 bridgehead atoms. The van der Waals surface area contributed by atoms with Gasteiger partial charge in [0.25, 0.3) is 11.8 Å². The molecule has 0 spiro atoms. The summed E-state index contributed by atoms with van der Waals surface area (Å²) in [6.07, 6.45) is 1.75. The zero-order valence-corrected chi connectivity index (χ0v) is 16.1. The molecule has 6 nitrogen and oxygen atoms in total. The van der Waals surface area contributed by atoms with Crippen LogP contribution in [0.4, 0.5) is 10.1 Å². The zero-order chi connectivity index (χ0) is 19.1. The van der Waals surface area contributed by atoms with Crippen molar-refractivity contribution in [3.05, 3.63) is 59.9 Å². The lowest BCUT2D eigenvalue weighted by atomic mass is 10.1. The van der Waals surface area contributed by atoms with Crippen LogP contribution in [-0.2, 0) is 4.79 Å². The molecule has 2 aromatic carbocycles. The van der Waals surface area contributed by atoms with Crippen molar-refractivity contribution in [1.82, 2.24) is 10.6 Å². The van der Waals surface area contributed by atoms with Gasteiger partial charge in [0, 0.05) is 6.04 Å². The van der Waals surface area contributed by atoms with Gasteiger partial charge in [-0.05, 0) is 50.2 Å². The summed E-state index contributed by atoms with van der Waals surface area (Å²) in [4.78, 5) is 24.6. The maximum atomic E-state index is 13.6. The molecule has 1 fully saturated rings. The van der Waals surface area contributed by atoms with Crippen LogP contribution in [0.25, 0.3) is 0 Å². The normalized spacial score (nSPS) is 13.9. The Kier molecular flexibility index (Phi) is 8.22. The number of amides is 2. The summed E-state index contributed by atoms with van der Waals surface area (Å²) in [6, 6.07) is 12.8. The third kappa shape index (κ3) is 5.94. The lowest BCUT2D eigenvalue weighted by molar-refractivity contribution is -0.118. The van der Waals surface area contributed by atoms with Crippen LogP contribution >= 0.6 is 12.4 Å². The molecule has 0 aromatic heterocycles. The van der Waals surface area contributed by atoms with Crippen molar-refractivity contribution in [3.63, 3.8) is 0 Å². The van der Waals surface area contributed by atoms with Crippen LogP contribution in [-0.4, -0.2) is 37.6 Å². The molecule has 3 N–H and O–H groups in total. The van der Waals surface area contributed by atoms with Gasteiger partial charge in [0.2, 0.25) is 0 Å². The monoisotopic (exact) mass is 407 g/mol. The summed E-state index contributed by atoms with van der Waals surface area (Å²) in [7, 11) is 0. The van der Waals surface area contributed by atoms with E-state index >= 15 is 0 Å². The number of para-hydroxylation sites is 2. The molecule has 2 aromatic rings. The molecular weight excluding hydrogens is 385 g/mol. The number of halogens is 2. The molecule has 150 valence electrons. The Balaban J connectivity index is 0.00000280. The van der Waals surface area contributed by atoms with Crippen LogP contribution in [0, 0.1) is 5.82 Å².